The number of thiol groups is 1. The number of primary amides is 1. The largest absolute Gasteiger partial charge is 0.368 e. The van der Waals surface area contributed by atoms with Gasteiger partial charge in [0.2, 0.25) is 5.91 Å². The maximum Gasteiger partial charge on any atom is 0.235 e. The zero-order valence-electron chi connectivity index (χ0n) is 6.50. The van der Waals surface area contributed by atoms with E-state index in [1.54, 1.807) is 0 Å². The van der Waals surface area contributed by atoms with Crippen LogP contribution in [0, 0.1) is 11.6 Å². The highest BCUT2D eigenvalue weighted by Gasteiger charge is 2.20. The predicted molar refractivity (Wildman–Crippen MR) is 47.3 cm³/mol. The molecule has 0 bridgehead atoms. The van der Waals surface area contributed by atoms with Crippen molar-refractivity contribution >= 4 is 18.5 Å². The molecule has 0 spiro atoms. The van der Waals surface area contributed by atoms with Crippen molar-refractivity contribution in [2.45, 2.75) is 5.25 Å². The molecule has 0 aliphatic rings. The summed E-state index contributed by atoms with van der Waals surface area (Å²) < 4.78 is 25.9. The molecule has 70 valence electrons. The van der Waals surface area contributed by atoms with Crippen molar-refractivity contribution in [2.75, 3.05) is 0 Å². The van der Waals surface area contributed by atoms with Gasteiger partial charge in [0, 0.05) is 5.56 Å². The van der Waals surface area contributed by atoms with E-state index in [9.17, 15) is 13.6 Å². The molecular formula is C8H7F2NOS. The Labute approximate surface area is 79.1 Å². The van der Waals surface area contributed by atoms with Crippen LogP contribution in [0.5, 0.6) is 0 Å². The first-order valence-electron chi connectivity index (χ1n) is 3.45. The molecule has 2 N–H and O–H groups in total. The van der Waals surface area contributed by atoms with Crippen LogP contribution in [0.1, 0.15) is 10.8 Å². The van der Waals surface area contributed by atoms with E-state index in [0.29, 0.717) is 0 Å². The molecule has 1 aromatic rings. The van der Waals surface area contributed by atoms with Crippen LogP contribution < -0.4 is 5.73 Å². The number of nitrogens with two attached hydrogens (primary N) is 1. The van der Waals surface area contributed by atoms with E-state index in [4.69, 9.17) is 5.73 Å². The van der Waals surface area contributed by atoms with Crippen molar-refractivity contribution in [3.05, 3.63) is 35.4 Å². The first-order valence-corrected chi connectivity index (χ1v) is 3.97. The fraction of sp³-hybridized carbons (Fsp3) is 0.125. The second-order valence-electron chi connectivity index (χ2n) is 2.44. The van der Waals surface area contributed by atoms with Gasteiger partial charge in [-0.05, 0) is 12.1 Å². The summed E-state index contributed by atoms with van der Waals surface area (Å²) in [5.74, 6) is -2.52. The second kappa shape index (κ2) is 3.74. The van der Waals surface area contributed by atoms with Crippen molar-refractivity contribution < 1.29 is 13.6 Å². The Hall–Kier alpha value is -1.10. The van der Waals surface area contributed by atoms with E-state index < -0.39 is 28.4 Å². The Morgan fingerprint density at radius 2 is 1.85 bits per heavy atom. The fourth-order valence-electron chi connectivity index (χ4n) is 0.914. The highest BCUT2D eigenvalue weighted by molar-refractivity contribution is 7.81. The first kappa shape index (κ1) is 9.98. The van der Waals surface area contributed by atoms with Gasteiger partial charge in [0.25, 0.3) is 0 Å². The van der Waals surface area contributed by atoms with Gasteiger partial charge in [-0.2, -0.15) is 12.6 Å². The Bertz CT molecular complexity index is 323. The van der Waals surface area contributed by atoms with Crippen molar-refractivity contribution in [3.8, 4) is 0 Å². The molecule has 0 aromatic heterocycles. The number of carbonyl (C=O) groups is 1. The Morgan fingerprint density at radius 1 is 1.38 bits per heavy atom. The summed E-state index contributed by atoms with van der Waals surface area (Å²) in [6, 6.07) is 3.30. The molecule has 13 heavy (non-hydrogen) atoms. The Kier molecular flexibility index (Phi) is 2.87. The van der Waals surface area contributed by atoms with Crippen LogP contribution in [0.3, 0.4) is 0 Å². The van der Waals surface area contributed by atoms with Gasteiger partial charge >= 0.3 is 0 Å². The van der Waals surface area contributed by atoms with Crippen LogP contribution in [0.2, 0.25) is 0 Å². The monoisotopic (exact) mass is 203 g/mol. The molecule has 0 saturated heterocycles. The Morgan fingerprint density at radius 3 is 2.23 bits per heavy atom. The maximum absolute atomic E-state index is 13.0. The maximum atomic E-state index is 13.0. The Balaban J connectivity index is 3.20. The molecule has 2 nitrogen and oxygen atoms in total. The van der Waals surface area contributed by atoms with E-state index in [1.165, 1.54) is 6.07 Å². The molecule has 0 heterocycles. The molecule has 0 saturated carbocycles. The summed E-state index contributed by atoms with van der Waals surface area (Å²) in [6.07, 6.45) is 0. The summed E-state index contributed by atoms with van der Waals surface area (Å²) in [5.41, 5.74) is 4.45. The van der Waals surface area contributed by atoms with Crippen LogP contribution >= 0.6 is 12.6 Å². The number of benzene rings is 1. The van der Waals surface area contributed by atoms with Crippen molar-refractivity contribution in [1.29, 1.82) is 0 Å². The zero-order valence-corrected chi connectivity index (χ0v) is 7.39. The normalized spacial score (nSPS) is 12.5. The van der Waals surface area contributed by atoms with E-state index in [2.05, 4.69) is 12.6 Å². The summed E-state index contributed by atoms with van der Waals surface area (Å²) in [5, 5.41) is -1.25. The number of rotatable bonds is 2. The van der Waals surface area contributed by atoms with Crippen LogP contribution in [-0.4, -0.2) is 5.91 Å². The minimum atomic E-state index is -1.25. The lowest BCUT2D eigenvalue weighted by Crippen LogP contribution is -2.19. The quantitative estimate of drug-likeness (QED) is 0.701. The van der Waals surface area contributed by atoms with E-state index >= 15 is 0 Å². The smallest absolute Gasteiger partial charge is 0.235 e. The molecule has 1 amide bonds. The topological polar surface area (TPSA) is 43.1 Å². The van der Waals surface area contributed by atoms with Gasteiger partial charge in [-0.3, -0.25) is 4.79 Å². The fourth-order valence-corrected chi connectivity index (χ4v) is 1.16. The third kappa shape index (κ3) is 1.98. The van der Waals surface area contributed by atoms with Crippen molar-refractivity contribution in [2.24, 2.45) is 5.73 Å². The average molecular weight is 203 g/mol. The minimum absolute atomic E-state index is 0.404. The highest BCUT2D eigenvalue weighted by atomic mass is 32.1. The molecule has 0 aliphatic heterocycles. The number of amides is 1. The van der Waals surface area contributed by atoms with Crippen LogP contribution in [-0.2, 0) is 4.79 Å². The molecule has 1 atom stereocenters. The lowest BCUT2D eigenvalue weighted by atomic mass is 10.1. The molecule has 5 heteroatoms. The van der Waals surface area contributed by atoms with E-state index in [-0.39, 0.29) is 0 Å². The average Bonchev–Trinajstić information content (AvgIpc) is 2.03. The van der Waals surface area contributed by atoms with Crippen LogP contribution in [0.4, 0.5) is 8.78 Å². The van der Waals surface area contributed by atoms with Gasteiger partial charge in [-0.1, -0.05) is 6.07 Å². The first-order chi connectivity index (χ1) is 6.04. The van der Waals surface area contributed by atoms with Gasteiger partial charge in [-0.25, -0.2) is 8.78 Å². The van der Waals surface area contributed by atoms with Crippen LogP contribution in [0.25, 0.3) is 0 Å². The van der Waals surface area contributed by atoms with Gasteiger partial charge in [-0.15, -0.1) is 0 Å². The molecule has 1 aromatic carbocycles. The van der Waals surface area contributed by atoms with E-state index in [0.717, 1.165) is 12.1 Å². The zero-order chi connectivity index (χ0) is 10.0. The third-order valence-corrected chi connectivity index (χ3v) is 2.06. The summed E-state index contributed by atoms with van der Waals surface area (Å²) in [4.78, 5) is 10.6. The molecule has 1 unspecified atom stereocenters. The summed E-state index contributed by atoms with van der Waals surface area (Å²) in [7, 11) is 0. The van der Waals surface area contributed by atoms with E-state index in [1.807, 2.05) is 0 Å². The number of carbonyl (C=O) groups excluding carboxylic acids is 1. The molecule has 0 fully saturated rings. The molecular weight excluding hydrogens is 196 g/mol. The highest BCUT2D eigenvalue weighted by Crippen LogP contribution is 2.24. The van der Waals surface area contributed by atoms with Crippen LogP contribution in [0.15, 0.2) is 18.2 Å². The molecule has 1 rings (SSSR count). The van der Waals surface area contributed by atoms with Gasteiger partial charge < -0.3 is 5.73 Å². The third-order valence-electron chi connectivity index (χ3n) is 1.54. The predicted octanol–water partition coefficient (Wildman–Crippen LogP) is 1.42. The van der Waals surface area contributed by atoms with Gasteiger partial charge in [0.1, 0.15) is 16.9 Å². The lowest BCUT2D eigenvalue weighted by molar-refractivity contribution is -0.117. The van der Waals surface area contributed by atoms with Crippen molar-refractivity contribution in [3.63, 3.8) is 0 Å². The van der Waals surface area contributed by atoms with Gasteiger partial charge in [0.15, 0.2) is 0 Å². The second-order valence-corrected chi connectivity index (χ2v) is 2.96. The SMILES string of the molecule is NC(=O)C(S)c1c(F)cccc1F. The summed E-state index contributed by atoms with van der Waals surface area (Å²) in [6.45, 7) is 0. The summed E-state index contributed by atoms with van der Waals surface area (Å²) >= 11 is 3.70. The number of hydrogen-bond acceptors (Lipinski definition) is 2. The van der Waals surface area contributed by atoms with Gasteiger partial charge in [0.05, 0.1) is 0 Å². The van der Waals surface area contributed by atoms with Crippen molar-refractivity contribution in [1.82, 2.24) is 0 Å². The number of halogens is 2. The standard InChI is InChI=1S/C8H7F2NOS/c9-4-2-1-3-5(10)6(4)7(13)8(11)12/h1-3,7,13H,(H2,11,12). The molecule has 0 radical (unpaired) electrons. The molecule has 0 aliphatic carbocycles. The minimum Gasteiger partial charge on any atom is -0.368 e. The lowest BCUT2D eigenvalue weighted by Gasteiger charge is -2.08. The number of hydrogen-bond donors (Lipinski definition) is 2.